The average Bonchev–Trinajstić information content (AvgIpc) is 1.08. The number of benzene rings is 6. The van der Waals surface area contributed by atoms with Crippen molar-refractivity contribution in [1.29, 1.82) is 0 Å². The Labute approximate surface area is 548 Å². The molecule has 24 nitrogen and oxygen atoms in total. The lowest BCUT2D eigenvalue weighted by Crippen LogP contribution is -2.47. The fourth-order valence-electron chi connectivity index (χ4n) is 10.4. The predicted octanol–water partition coefficient (Wildman–Crippen LogP) is 8.87. The highest BCUT2D eigenvalue weighted by atomic mass is 16.2. The van der Waals surface area contributed by atoms with Gasteiger partial charge in [0, 0.05) is 132 Å². The molecule has 3 aliphatic rings. The second kappa shape index (κ2) is 30.4. The SMILES string of the molecule is CN(C)[C@H]1CCN(C(=O)c2ccc(-c3cnc(N)c(C(=O)Nc4ccccc4)n3)cc2)C1.CN1CCN(C(=O)c2ccc(-c3cnc(N)c(C(=O)Nc4ccccc4)n3)cc2)CC1.Nc1ncc(-c2ccc(C(=O)N3CCNCC3)cc2)nc1C(=O)Nc1ccccc1.[HH].[HH].[HH].[HH].[HH].[HH].[HH]. The van der Waals surface area contributed by atoms with Crippen LogP contribution in [0, 0.1) is 0 Å². The highest BCUT2D eigenvalue weighted by molar-refractivity contribution is 6.08. The van der Waals surface area contributed by atoms with Crippen LogP contribution < -0.4 is 38.5 Å². The van der Waals surface area contributed by atoms with E-state index in [-0.39, 0.29) is 62.2 Å². The lowest BCUT2D eigenvalue weighted by molar-refractivity contribution is 0.0662. The van der Waals surface area contributed by atoms with Crippen LogP contribution in [0.1, 0.15) is 78.9 Å². The molecule has 24 heteroatoms. The van der Waals surface area contributed by atoms with Gasteiger partial charge in [0.15, 0.2) is 34.5 Å². The number of nitrogens with one attached hydrogen (secondary N) is 4. The summed E-state index contributed by atoms with van der Waals surface area (Å²) in [5, 5.41) is 11.5. The number of nitrogen functional groups attached to an aromatic ring is 3. The van der Waals surface area contributed by atoms with Crippen molar-refractivity contribution in [2.45, 2.75) is 12.5 Å². The third-order valence-electron chi connectivity index (χ3n) is 15.8. The van der Waals surface area contributed by atoms with Gasteiger partial charge < -0.3 is 63.0 Å². The molecule has 0 saturated carbocycles. The molecule has 6 amide bonds. The number of rotatable bonds is 13. The zero-order valence-corrected chi connectivity index (χ0v) is 51.8. The second-order valence-electron chi connectivity index (χ2n) is 22.5. The van der Waals surface area contributed by atoms with Gasteiger partial charge in [0.05, 0.1) is 35.7 Å². The molecule has 488 valence electrons. The van der Waals surface area contributed by atoms with Gasteiger partial charge in [-0.15, -0.1) is 0 Å². The number of hydrogen-bond donors (Lipinski definition) is 7. The number of carbonyl (C=O) groups is 6. The van der Waals surface area contributed by atoms with E-state index in [9.17, 15) is 28.8 Å². The minimum Gasteiger partial charge on any atom is -0.382 e. The van der Waals surface area contributed by atoms with Crippen molar-refractivity contribution in [3.8, 4) is 33.8 Å². The summed E-state index contributed by atoms with van der Waals surface area (Å²) < 4.78 is 0. The smallest absolute Gasteiger partial charge is 0.278 e. The largest absolute Gasteiger partial charge is 0.382 e. The number of likely N-dealkylation sites (N-methyl/N-ethyl adjacent to an activating group) is 2. The Morgan fingerprint density at radius 1 is 0.441 bits per heavy atom. The number of para-hydroxylation sites is 3. The predicted molar refractivity (Wildman–Crippen MR) is 374 cm³/mol. The summed E-state index contributed by atoms with van der Waals surface area (Å²) in [6.45, 7) is 7.69. The van der Waals surface area contributed by atoms with E-state index in [2.05, 4.69) is 68.0 Å². The summed E-state index contributed by atoms with van der Waals surface area (Å²) in [6.07, 6.45) is 5.53. The summed E-state index contributed by atoms with van der Waals surface area (Å²) in [6, 6.07) is 49.1. The maximum atomic E-state index is 12.8. The van der Waals surface area contributed by atoms with Gasteiger partial charge >= 0.3 is 0 Å². The van der Waals surface area contributed by atoms with E-state index in [0.717, 1.165) is 75.5 Å². The van der Waals surface area contributed by atoms with E-state index in [0.29, 0.717) is 70.0 Å². The van der Waals surface area contributed by atoms with Gasteiger partial charge in [-0.1, -0.05) is 91.0 Å². The summed E-state index contributed by atoms with van der Waals surface area (Å²) in [5.41, 5.74) is 25.4. The van der Waals surface area contributed by atoms with Crippen molar-refractivity contribution in [1.82, 2.24) is 59.7 Å². The van der Waals surface area contributed by atoms with Crippen molar-refractivity contribution in [2.75, 3.05) is 120 Å². The first-order valence-corrected chi connectivity index (χ1v) is 30.3. The van der Waals surface area contributed by atoms with Gasteiger partial charge in [-0.3, -0.25) is 28.8 Å². The topological polar surface area (TPSA) is 322 Å². The van der Waals surface area contributed by atoms with Gasteiger partial charge in [-0.2, -0.15) is 0 Å². The molecule has 12 rings (SSSR count). The van der Waals surface area contributed by atoms with E-state index < -0.39 is 17.7 Å². The monoisotopic (exact) mass is 1260 g/mol. The number of piperazine rings is 2. The number of carbonyl (C=O) groups excluding carboxylic acids is 6. The zero-order chi connectivity index (χ0) is 65.4. The number of aromatic nitrogens is 6. The van der Waals surface area contributed by atoms with Crippen LogP contribution in [0.15, 0.2) is 182 Å². The number of anilines is 6. The zero-order valence-electron chi connectivity index (χ0n) is 51.8. The molecule has 0 bridgehead atoms. The van der Waals surface area contributed by atoms with E-state index in [1.165, 1.54) is 18.6 Å². The molecule has 93 heavy (non-hydrogen) atoms. The first kappa shape index (κ1) is 64.6. The maximum absolute atomic E-state index is 12.8. The molecule has 3 fully saturated rings. The molecule has 10 N–H and O–H groups in total. The molecule has 3 aromatic heterocycles. The lowest BCUT2D eigenvalue weighted by atomic mass is 10.1. The lowest BCUT2D eigenvalue weighted by Gasteiger charge is -2.32. The van der Waals surface area contributed by atoms with Crippen LogP contribution >= 0.6 is 0 Å². The summed E-state index contributed by atoms with van der Waals surface area (Å²) >= 11 is 0. The number of nitrogens with two attached hydrogens (primary N) is 3. The summed E-state index contributed by atoms with van der Waals surface area (Å²) in [5.74, 6) is -1.08. The molecule has 0 radical (unpaired) electrons. The molecular weight excluding hydrogens is 1180 g/mol. The van der Waals surface area contributed by atoms with Crippen LogP contribution in [0.25, 0.3) is 33.8 Å². The molecule has 0 spiro atoms. The summed E-state index contributed by atoms with van der Waals surface area (Å²) in [4.78, 5) is 112. The van der Waals surface area contributed by atoms with Crippen LogP contribution in [0.5, 0.6) is 0 Å². The maximum Gasteiger partial charge on any atom is 0.278 e. The molecule has 6 aromatic carbocycles. The summed E-state index contributed by atoms with van der Waals surface area (Å²) in [7, 11) is 6.13. The Hall–Kier alpha value is -11.3. The van der Waals surface area contributed by atoms with Gasteiger partial charge in [-0.25, -0.2) is 29.9 Å². The molecular formula is C69H86N18O6. The van der Waals surface area contributed by atoms with E-state index in [4.69, 9.17) is 17.2 Å². The molecule has 3 aliphatic heterocycles. The normalized spacial score (nSPS) is 14.6. The third kappa shape index (κ3) is 16.7. The van der Waals surface area contributed by atoms with Crippen molar-refractivity contribution in [3.63, 3.8) is 0 Å². The Morgan fingerprint density at radius 3 is 1.09 bits per heavy atom. The highest BCUT2D eigenvalue weighted by Gasteiger charge is 2.29. The van der Waals surface area contributed by atoms with Crippen molar-refractivity contribution < 1.29 is 38.8 Å². The fraction of sp³-hybridized carbons (Fsp3) is 0.217. The minimum absolute atomic E-state index is 0. The fourth-order valence-corrected chi connectivity index (χ4v) is 10.4. The minimum atomic E-state index is -0.432. The Balaban J connectivity index is 0.000000377. The Morgan fingerprint density at radius 2 is 0.763 bits per heavy atom. The number of nitrogens with zero attached hydrogens (tertiary/aromatic N) is 11. The Kier molecular flexibility index (Phi) is 21.2. The van der Waals surface area contributed by atoms with Gasteiger partial charge in [0.2, 0.25) is 0 Å². The van der Waals surface area contributed by atoms with E-state index >= 15 is 0 Å². The van der Waals surface area contributed by atoms with Crippen LogP contribution in [0.2, 0.25) is 0 Å². The first-order chi connectivity index (χ1) is 45.0. The average molecular weight is 1260 g/mol. The first-order valence-electron chi connectivity index (χ1n) is 30.3. The second-order valence-corrected chi connectivity index (χ2v) is 22.5. The molecule has 1 atom stereocenters. The van der Waals surface area contributed by atoms with Crippen LogP contribution in [-0.2, 0) is 0 Å². The van der Waals surface area contributed by atoms with Crippen LogP contribution in [0.3, 0.4) is 0 Å². The van der Waals surface area contributed by atoms with Crippen molar-refractivity contribution in [2.24, 2.45) is 0 Å². The number of likely N-dealkylation sites (tertiary alicyclic amines) is 1. The van der Waals surface area contributed by atoms with Crippen LogP contribution in [0.4, 0.5) is 34.5 Å². The van der Waals surface area contributed by atoms with Gasteiger partial charge in [0.25, 0.3) is 35.4 Å². The third-order valence-corrected chi connectivity index (χ3v) is 15.8. The van der Waals surface area contributed by atoms with Gasteiger partial charge in [0.1, 0.15) is 0 Å². The quantitative estimate of drug-likeness (QED) is 0.0566. The Bertz CT molecular complexity index is 4110. The molecule has 0 unspecified atom stereocenters. The highest BCUT2D eigenvalue weighted by Crippen LogP contribution is 2.26. The van der Waals surface area contributed by atoms with E-state index in [1.54, 1.807) is 84.9 Å². The molecule has 0 aliphatic carbocycles. The number of amides is 6. The van der Waals surface area contributed by atoms with Gasteiger partial charge in [-0.05, 0) is 100 Å². The van der Waals surface area contributed by atoms with Crippen molar-refractivity contribution >= 4 is 70.0 Å². The van der Waals surface area contributed by atoms with Crippen LogP contribution in [-0.4, -0.2) is 182 Å². The van der Waals surface area contributed by atoms with Crippen molar-refractivity contribution in [3.05, 3.63) is 216 Å². The molecule has 9 aromatic rings. The van der Waals surface area contributed by atoms with E-state index in [1.807, 2.05) is 108 Å². The molecule has 3 saturated heterocycles. The standard InChI is InChI=1S/C24H26N6O2.C23H24N6O2.C22H22N6O2.7H2/c1-29(2)19-12-13-30(15-19)24(32)17-10-8-16(9-11-17)20-14-26-22(25)21(28-20)23(31)27-18-6-4-3-5-7-18;1-28-11-13-29(14-12-28)23(31)17-9-7-16(8-10-17)19-15-25-21(24)20(27-19)22(30)26-18-5-3-2-4-6-18;23-20-19(21(29)26-17-4-2-1-3-5-17)27-18(14-25-20)15-6-8-16(9-7-15)22(30)28-12-10-24-11-13-28;;;;;;;/h3-11,14,19H,12-13,15H2,1-2H3,(H2,25,26)(H,27,31);2-10,15H,11-14H2,1H3,(H2,24,25)(H,26,30);1-9,14,24H,10-13H2,(H2,23,25)(H,26,29);7*1H/t19-;;;;;;;;;/m0........./s1. The molecule has 6 heterocycles. The number of hydrogen-bond acceptors (Lipinski definition) is 18.